The molecule has 0 unspecified atom stereocenters. The van der Waals surface area contributed by atoms with Crippen molar-refractivity contribution in [1.82, 2.24) is 9.97 Å². The molecule has 0 spiro atoms. The molecule has 0 fully saturated rings. The maximum Gasteiger partial charge on any atom is 0.135 e. The van der Waals surface area contributed by atoms with E-state index >= 15 is 0 Å². The molecule has 0 atom stereocenters. The quantitative estimate of drug-likeness (QED) is 0.894. The molecule has 3 nitrogen and oxygen atoms in total. The molecule has 1 aromatic carbocycles. The zero-order chi connectivity index (χ0) is 13.0. The molecular weight excluding hydrogens is 222 g/mol. The molecule has 0 bridgehead atoms. The van der Waals surface area contributed by atoms with Crippen molar-refractivity contribution in [2.45, 2.75) is 26.7 Å². The summed E-state index contributed by atoms with van der Waals surface area (Å²) in [7, 11) is 1.90. The lowest BCUT2D eigenvalue weighted by molar-refractivity contribution is 0.891. The SMILES string of the molecule is CCc1nc(Cc2ccccc2)nc(NC)c1C. The zero-order valence-electron chi connectivity index (χ0n) is 11.2. The molecule has 1 N–H and O–H groups in total. The first-order chi connectivity index (χ1) is 8.74. The van der Waals surface area contributed by atoms with E-state index < -0.39 is 0 Å². The summed E-state index contributed by atoms with van der Waals surface area (Å²) in [6.45, 7) is 4.19. The van der Waals surface area contributed by atoms with E-state index in [4.69, 9.17) is 0 Å². The third-order valence-electron chi connectivity index (χ3n) is 3.07. The molecule has 0 aliphatic carbocycles. The number of nitrogens with one attached hydrogen (secondary N) is 1. The van der Waals surface area contributed by atoms with Crippen LogP contribution in [0.2, 0.25) is 0 Å². The van der Waals surface area contributed by atoms with E-state index in [0.717, 1.165) is 35.7 Å². The minimum Gasteiger partial charge on any atom is -0.373 e. The van der Waals surface area contributed by atoms with Crippen LogP contribution in [0.5, 0.6) is 0 Å². The summed E-state index contributed by atoms with van der Waals surface area (Å²) in [5, 5.41) is 3.15. The van der Waals surface area contributed by atoms with Crippen molar-refractivity contribution in [3.8, 4) is 0 Å². The summed E-state index contributed by atoms with van der Waals surface area (Å²) in [6.07, 6.45) is 1.72. The van der Waals surface area contributed by atoms with Crippen LogP contribution >= 0.6 is 0 Å². The molecule has 1 aromatic heterocycles. The molecule has 3 heteroatoms. The number of aromatic nitrogens is 2. The van der Waals surface area contributed by atoms with Gasteiger partial charge >= 0.3 is 0 Å². The highest BCUT2D eigenvalue weighted by Crippen LogP contribution is 2.17. The van der Waals surface area contributed by atoms with Crippen LogP contribution in [0, 0.1) is 6.92 Å². The zero-order valence-corrected chi connectivity index (χ0v) is 11.2. The second-order valence-electron chi connectivity index (χ2n) is 4.33. The van der Waals surface area contributed by atoms with Gasteiger partial charge in [-0.3, -0.25) is 0 Å². The Morgan fingerprint density at radius 1 is 1.11 bits per heavy atom. The lowest BCUT2D eigenvalue weighted by atomic mass is 10.1. The van der Waals surface area contributed by atoms with Crippen LogP contribution in [0.1, 0.15) is 29.6 Å². The van der Waals surface area contributed by atoms with Crippen molar-refractivity contribution in [2.24, 2.45) is 0 Å². The van der Waals surface area contributed by atoms with E-state index in [0.29, 0.717) is 0 Å². The number of hydrogen-bond acceptors (Lipinski definition) is 3. The molecular formula is C15H19N3. The van der Waals surface area contributed by atoms with E-state index in [1.807, 2.05) is 25.2 Å². The molecule has 1 heterocycles. The monoisotopic (exact) mass is 241 g/mol. The highest BCUT2D eigenvalue weighted by molar-refractivity contribution is 5.45. The van der Waals surface area contributed by atoms with Gasteiger partial charge in [0.1, 0.15) is 11.6 Å². The van der Waals surface area contributed by atoms with Gasteiger partial charge in [-0.25, -0.2) is 9.97 Å². The van der Waals surface area contributed by atoms with Crippen molar-refractivity contribution < 1.29 is 0 Å². The lowest BCUT2D eigenvalue weighted by Crippen LogP contribution is -2.07. The third-order valence-corrected chi connectivity index (χ3v) is 3.07. The first-order valence-electron chi connectivity index (χ1n) is 6.32. The Hall–Kier alpha value is -1.90. The maximum atomic E-state index is 4.64. The summed E-state index contributed by atoms with van der Waals surface area (Å²) in [4.78, 5) is 9.22. The fourth-order valence-corrected chi connectivity index (χ4v) is 2.06. The van der Waals surface area contributed by atoms with Gasteiger partial charge in [0.25, 0.3) is 0 Å². The van der Waals surface area contributed by atoms with Crippen molar-refractivity contribution in [3.05, 3.63) is 53.0 Å². The number of nitrogens with zero attached hydrogens (tertiary/aromatic N) is 2. The standard InChI is InChI=1S/C15H19N3/c1-4-13-11(2)15(16-3)18-14(17-13)10-12-8-6-5-7-9-12/h5-9H,4,10H2,1-3H3,(H,16,17,18). The average Bonchev–Trinajstić information content (AvgIpc) is 2.41. The number of aryl methyl sites for hydroxylation is 1. The van der Waals surface area contributed by atoms with Gasteiger partial charge in [-0.05, 0) is 18.9 Å². The molecule has 2 rings (SSSR count). The number of anilines is 1. The topological polar surface area (TPSA) is 37.8 Å². The molecule has 0 amide bonds. The summed E-state index contributed by atoms with van der Waals surface area (Å²) in [5.41, 5.74) is 3.52. The van der Waals surface area contributed by atoms with Crippen LogP contribution in [0.4, 0.5) is 5.82 Å². The summed E-state index contributed by atoms with van der Waals surface area (Å²) in [6, 6.07) is 10.3. The van der Waals surface area contributed by atoms with Crippen LogP contribution in [-0.4, -0.2) is 17.0 Å². The summed E-state index contributed by atoms with van der Waals surface area (Å²) < 4.78 is 0. The summed E-state index contributed by atoms with van der Waals surface area (Å²) >= 11 is 0. The van der Waals surface area contributed by atoms with Crippen LogP contribution in [-0.2, 0) is 12.8 Å². The first-order valence-corrected chi connectivity index (χ1v) is 6.32. The predicted molar refractivity (Wildman–Crippen MR) is 74.9 cm³/mol. The Morgan fingerprint density at radius 3 is 2.44 bits per heavy atom. The van der Waals surface area contributed by atoms with Crippen LogP contribution < -0.4 is 5.32 Å². The van der Waals surface area contributed by atoms with E-state index in [9.17, 15) is 0 Å². The van der Waals surface area contributed by atoms with Crippen molar-refractivity contribution in [2.75, 3.05) is 12.4 Å². The van der Waals surface area contributed by atoms with Gasteiger partial charge in [-0.1, -0.05) is 37.3 Å². The highest BCUT2D eigenvalue weighted by Gasteiger charge is 2.08. The van der Waals surface area contributed by atoms with Crippen molar-refractivity contribution in [3.63, 3.8) is 0 Å². The van der Waals surface area contributed by atoms with Gasteiger partial charge in [-0.2, -0.15) is 0 Å². The van der Waals surface area contributed by atoms with Gasteiger partial charge in [0.15, 0.2) is 0 Å². The number of benzene rings is 1. The fourth-order valence-electron chi connectivity index (χ4n) is 2.06. The first kappa shape index (κ1) is 12.6. The Labute approximate surface area is 108 Å². The average molecular weight is 241 g/mol. The largest absolute Gasteiger partial charge is 0.373 e. The molecule has 0 radical (unpaired) electrons. The molecule has 0 saturated carbocycles. The van der Waals surface area contributed by atoms with Crippen molar-refractivity contribution in [1.29, 1.82) is 0 Å². The van der Waals surface area contributed by atoms with E-state index in [1.54, 1.807) is 0 Å². The lowest BCUT2D eigenvalue weighted by Gasteiger charge is -2.11. The second kappa shape index (κ2) is 5.63. The van der Waals surface area contributed by atoms with Crippen LogP contribution in [0.3, 0.4) is 0 Å². The van der Waals surface area contributed by atoms with Gasteiger partial charge in [0.2, 0.25) is 0 Å². The second-order valence-corrected chi connectivity index (χ2v) is 4.33. The van der Waals surface area contributed by atoms with E-state index in [-0.39, 0.29) is 0 Å². The molecule has 2 aromatic rings. The smallest absolute Gasteiger partial charge is 0.135 e. The Kier molecular flexibility index (Phi) is 3.92. The van der Waals surface area contributed by atoms with Gasteiger partial charge in [0.05, 0.1) is 0 Å². The third kappa shape index (κ3) is 2.67. The molecule has 94 valence electrons. The van der Waals surface area contributed by atoms with E-state index in [1.165, 1.54) is 5.56 Å². The Balaban J connectivity index is 2.34. The Bertz CT molecular complexity index is 496. The number of rotatable bonds is 4. The molecule has 0 saturated heterocycles. The maximum absolute atomic E-state index is 4.64. The highest BCUT2D eigenvalue weighted by atomic mass is 15.0. The molecule has 18 heavy (non-hydrogen) atoms. The minimum absolute atomic E-state index is 0.781. The van der Waals surface area contributed by atoms with Crippen LogP contribution in [0.15, 0.2) is 30.3 Å². The minimum atomic E-state index is 0.781. The van der Waals surface area contributed by atoms with E-state index in [2.05, 4.69) is 41.3 Å². The Morgan fingerprint density at radius 2 is 1.83 bits per heavy atom. The molecule has 0 aliphatic rings. The van der Waals surface area contributed by atoms with Gasteiger partial charge in [0, 0.05) is 24.7 Å². The normalized spacial score (nSPS) is 10.4. The summed E-state index contributed by atoms with van der Waals surface area (Å²) in [5.74, 6) is 1.82. The van der Waals surface area contributed by atoms with Crippen molar-refractivity contribution >= 4 is 5.82 Å². The number of hydrogen-bond donors (Lipinski definition) is 1. The predicted octanol–water partition coefficient (Wildman–Crippen LogP) is 2.98. The molecule has 0 aliphatic heterocycles. The van der Waals surface area contributed by atoms with Gasteiger partial charge in [-0.15, -0.1) is 0 Å². The van der Waals surface area contributed by atoms with Gasteiger partial charge < -0.3 is 5.32 Å². The fraction of sp³-hybridized carbons (Fsp3) is 0.333. The van der Waals surface area contributed by atoms with Crippen LogP contribution in [0.25, 0.3) is 0 Å².